The van der Waals surface area contributed by atoms with Gasteiger partial charge in [0.15, 0.2) is 0 Å². The fourth-order valence-corrected chi connectivity index (χ4v) is 2.49. The predicted molar refractivity (Wildman–Crippen MR) is 91.4 cm³/mol. The van der Waals surface area contributed by atoms with E-state index in [9.17, 15) is 4.79 Å². The van der Waals surface area contributed by atoms with E-state index in [0.717, 1.165) is 32.0 Å². The van der Waals surface area contributed by atoms with Crippen LogP contribution in [-0.4, -0.2) is 30.4 Å². The Kier molecular flexibility index (Phi) is 8.09. The van der Waals surface area contributed by atoms with Crippen molar-refractivity contribution in [2.24, 2.45) is 5.92 Å². The van der Waals surface area contributed by atoms with E-state index in [2.05, 4.69) is 17.1 Å². The molecule has 1 aliphatic carbocycles. The van der Waals surface area contributed by atoms with Crippen LogP contribution in [0.15, 0.2) is 24.3 Å². The minimum atomic E-state index is 0. The first-order valence-electron chi connectivity index (χ1n) is 7.45. The van der Waals surface area contributed by atoms with Gasteiger partial charge in [-0.05, 0) is 43.9 Å². The van der Waals surface area contributed by atoms with E-state index >= 15 is 0 Å². The molecule has 0 aliphatic heterocycles. The van der Waals surface area contributed by atoms with E-state index in [1.165, 1.54) is 12.8 Å². The van der Waals surface area contributed by atoms with Crippen LogP contribution in [-0.2, 0) is 4.79 Å². The molecule has 21 heavy (non-hydrogen) atoms. The quantitative estimate of drug-likeness (QED) is 0.774. The second kappa shape index (κ2) is 9.29. The van der Waals surface area contributed by atoms with Gasteiger partial charge in [0.2, 0.25) is 5.91 Å². The fourth-order valence-electron chi connectivity index (χ4n) is 2.31. The molecule has 0 bridgehead atoms. The highest BCUT2D eigenvalue weighted by Gasteiger charge is 2.24. The molecule has 1 amide bonds. The largest absolute Gasteiger partial charge is 0.325 e. The van der Waals surface area contributed by atoms with Gasteiger partial charge >= 0.3 is 0 Å². The standard InChI is InChI=1S/C16H23ClN2O.ClH/c1-2-10-19(12-13-7-8-13)11-9-16(20)18-15-6-4-3-5-14(15)17;/h3-6,13H,2,7-12H2,1H3,(H,18,20);1H. The first-order valence-corrected chi connectivity index (χ1v) is 7.83. The molecule has 0 saturated heterocycles. The highest BCUT2D eigenvalue weighted by molar-refractivity contribution is 6.33. The Morgan fingerprint density at radius 1 is 1.33 bits per heavy atom. The highest BCUT2D eigenvalue weighted by atomic mass is 35.5. The summed E-state index contributed by atoms with van der Waals surface area (Å²) in [6, 6.07) is 7.34. The van der Waals surface area contributed by atoms with Crippen molar-refractivity contribution < 1.29 is 4.79 Å². The SMILES string of the molecule is CCCN(CCC(=O)Nc1ccccc1Cl)CC1CC1.Cl. The maximum absolute atomic E-state index is 12.0. The van der Waals surface area contributed by atoms with Crippen LogP contribution < -0.4 is 5.32 Å². The van der Waals surface area contributed by atoms with Crippen LogP contribution in [0.2, 0.25) is 5.02 Å². The number of anilines is 1. The minimum absolute atomic E-state index is 0. The van der Waals surface area contributed by atoms with Gasteiger partial charge in [-0.25, -0.2) is 0 Å². The number of nitrogens with one attached hydrogen (secondary N) is 1. The third kappa shape index (κ3) is 6.68. The van der Waals surface area contributed by atoms with Gasteiger partial charge in [-0.2, -0.15) is 0 Å². The molecular weight excluding hydrogens is 307 g/mol. The normalized spacial score (nSPS) is 13.9. The molecule has 5 heteroatoms. The summed E-state index contributed by atoms with van der Waals surface area (Å²) in [5.41, 5.74) is 0.698. The van der Waals surface area contributed by atoms with Crippen LogP contribution in [0.5, 0.6) is 0 Å². The topological polar surface area (TPSA) is 32.3 Å². The Labute approximate surface area is 138 Å². The van der Waals surface area contributed by atoms with Crippen LogP contribution in [0.1, 0.15) is 32.6 Å². The molecule has 0 aromatic heterocycles. The Morgan fingerprint density at radius 2 is 2.05 bits per heavy atom. The van der Waals surface area contributed by atoms with Gasteiger partial charge in [0, 0.05) is 19.5 Å². The molecule has 0 radical (unpaired) electrons. The second-order valence-corrected chi connectivity index (χ2v) is 5.93. The second-order valence-electron chi connectivity index (χ2n) is 5.52. The lowest BCUT2D eigenvalue weighted by Gasteiger charge is -2.21. The Morgan fingerprint density at radius 3 is 2.67 bits per heavy atom. The summed E-state index contributed by atoms with van der Waals surface area (Å²) >= 11 is 6.03. The van der Waals surface area contributed by atoms with Crippen molar-refractivity contribution in [2.75, 3.05) is 25.0 Å². The van der Waals surface area contributed by atoms with E-state index in [1.54, 1.807) is 6.07 Å². The predicted octanol–water partition coefficient (Wildman–Crippen LogP) is 4.21. The maximum Gasteiger partial charge on any atom is 0.225 e. The summed E-state index contributed by atoms with van der Waals surface area (Å²) in [6.07, 6.45) is 4.37. The monoisotopic (exact) mass is 330 g/mol. The van der Waals surface area contributed by atoms with Crippen LogP contribution in [0.3, 0.4) is 0 Å². The summed E-state index contributed by atoms with van der Waals surface area (Å²) in [5.74, 6) is 0.906. The molecule has 0 unspecified atom stereocenters. The summed E-state index contributed by atoms with van der Waals surface area (Å²) in [7, 11) is 0. The summed E-state index contributed by atoms with van der Waals surface area (Å²) in [6.45, 7) is 5.24. The van der Waals surface area contributed by atoms with Crippen molar-refractivity contribution in [1.29, 1.82) is 0 Å². The Balaban J connectivity index is 0.00000220. The van der Waals surface area contributed by atoms with E-state index < -0.39 is 0 Å². The van der Waals surface area contributed by atoms with Gasteiger partial charge in [-0.1, -0.05) is 30.7 Å². The van der Waals surface area contributed by atoms with Crippen LogP contribution >= 0.6 is 24.0 Å². The molecule has 1 aromatic carbocycles. The van der Waals surface area contributed by atoms with Gasteiger partial charge in [0.05, 0.1) is 10.7 Å². The molecule has 1 aromatic rings. The van der Waals surface area contributed by atoms with Gasteiger partial charge < -0.3 is 10.2 Å². The molecule has 1 saturated carbocycles. The van der Waals surface area contributed by atoms with Crippen LogP contribution in [0.4, 0.5) is 5.69 Å². The molecule has 118 valence electrons. The molecule has 1 aliphatic rings. The first kappa shape index (κ1) is 18.3. The van der Waals surface area contributed by atoms with Gasteiger partial charge in [0.1, 0.15) is 0 Å². The van der Waals surface area contributed by atoms with Gasteiger partial charge in [0.25, 0.3) is 0 Å². The van der Waals surface area contributed by atoms with Crippen molar-refractivity contribution in [2.45, 2.75) is 32.6 Å². The van der Waals surface area contributed by atoms with Crippen molar-refractivity contribution in [1.82, 2.24) is 4.90 Å². The van der Waals surface area contributed by atoms with Gasteiger partial charge in [-0.3, -0.25) is 4.79 Å². The zero-order chi connectivity index (χ0) is 14.4. The Bertz CT molecular complexity index is 450. The maximum atomic E-state index is 12.0. The molecule has 3 nitrogen and oxygen atoms in total. The lowest BCUT2D eigenvalue weighted by molar-refractivity contribution is -0.116. The summed E-state index contributed by atoms with van der Waals surface area (Å²) in [4.78, 5) is 14.4. The van der Waals surface area contributed by atoms with Crippen LogP contribution in [0.25, 0.3) is 0 Å². The smallest absolute Gasteiger partial charge is 0.225 e. The van der Waals surface area contributed by atoms with E-state index in [0.29, 0.717) is 17.1 Å². The number of benzene rings is 1. The molecule has 0 heterocycles. The number of halogens is 2. The average Bonchev–Trinajstić information content (AvgIpc) is 3.23. The van der Waals surface area contributed by atoms with Crippen molar-refractivity contribution in [3.05, 3.63) is 29.3 Å². The van der Waals surface area contributed by atoms with Crippen molar-refractivity contribution >= 4 is 35.6 Å². The van der Waals surface area contributed by atoms with E-state index in [-0.39, 0.29) is 18.3 Å². The number of rotatable bonds is 8. The molecule has 1 fully saturated rings. The number of para-hydroxylation sites is 1. The number of amides is 1. The van der Waals surface area contributed by atoms with E-state index in [1.807, 2.05) is 18.2 Å². The molecule has 0 spiro atoms. The van der Waals surface area contributed by atoms with Crippen LogP contribution in [0, 0.1) is 5.92 Å². The molecule has 1 N–H and O–H groups in total. The number of hydrogen-bond acceptors (Lipinski definition) is 2. The van der Waals surface area contributed by atoms with E-state index in [4.69, 9.17) is 11.6 Å². The van der Waals surface area contributed by atoms with Crippen molar-refractivity contribution in [3.8, 4) is 0 Å². The van der Waals surface area contributed by atoms with Crippen molar-refractivity contribution in [3.63, 3.8) is 0 Å². The zero-order valence-electron chi connectivity index (χ0n) is 12.5. The fraction of sp³-hybridized carbons (Fsp3) is 0.562. The third-order valence-corrected chi connectivity index (χ3v) is 3.89. The number of hydrogen-bond donors (Lipinski definition) is 1. The number of carbonyl (C=O) groups excluding carboxylic acids is 1. The molecular formula is C16H24Cl2N2O. The average molecular weight is 331 g/mol. The third-order valence-electron chi connectivity index (χ3n) is 3.56. The number of nitrogens with zero attached hydrogens (tertiary/aromatic N) is 1. The lowest BCUT2D eigenvalue weighted by Crippen LogP contribution is -2.30. The minimum Gasteiger partial charge on any atom is -0.325 e. The van der Waals surface area contributed by atoms with Gasteiger partial charge in [-0.15, -0.1) is 12.4 Å². The zero-order valence-corrected chi connectivity index (χ0v) is 14.1. The first-order chi connectivity index (χ1) is 9.69. The molecule has 0 atom stereocenters. The highest BCUT2D eigenvalue weighted by Crippen LogP contribution is 2.29. The number of carbonyl (C=O) groups is 1. The summed E-state index contributed by atoms with van der Waals surface area (Å²) < 4.78 is 0. The molecule has 2 rings (SSSR count). The lowest BCUT2D eigenvalue weighted by atomic mass is 10.2. The summed E-state index contributed by atoms with van der Waals surface area (Å²) in [5, 5.41) is 3.47. The Hall–Kier alpha value is -0.770.